The summed E-state index contributed by atoms with van der Waals surface area (Å²) >= 11 is 1.80. The SMILES string of the molecule is CC1(C)c2cc(-c3ccc4c(c3)c3ccccc3n4-c3cccc(-c4nc(-c5ccccc5)nc(-c5cccc6sc7ccccc7c56)n4)c3)ccc2-c2cc3c(cc21)oc1ccccc13. The van der Waals surface area contributed by atoms with Gasteiger partial charge in [0.1, 0.15) is 11.2 Å². The van der Waals surface area contributed by atoms with Crippen LogP contribution in [0.3, 0.4) is 0 Å². The Labute approximate surface area is 383 Å². The number of para-hydroxylation sites is 2. The molecular weight excluding hydrogens is 825 g/mol. The Kier molecular flexibility index (Phi) is 7.84. The first-order valence-corrected chi connectivity index (χ1v) is 23.2. The first kappa shape index (κ1) is 37.2. The lowest BCUT2D eigenvalue weighted by molar-refractivity contribution is 0.647. The van der Waals surface area contributed by atoms with E-state index in [1.807, 2.05) is 24.3 Å². The van der Waals surface area contributed by atoms with Gasteiger partial charge in [0.2, 0.25) is 0 Å². The van der Waals surface area contributed by atoms with Crippen LogP contribution in [0.1, 0.15) is 25.0 Å². The molecule has 0 fully saturated rings. The van der Waals surface area contributed by atoms with Gasteiger partial charge in [-0.1, -0.05) is 141 Å². The molecule has 1 aliphatic rings. The van der Waals surface area contributed by atoms with Crippen LogP contribution in [0.4, 0.5) is 0 Å². The van der Waals surface area contributed by atoms with Crippen LogP contribution in [0.2, 0.25) is 0 Å². The van der Waals surface area contributed by atoms with Gasteiger partial charge in [-0.3, -0.25) is 0 Å². The molecular formula is C60H38N4OS. The number of benzene rings is 9. The van der Waals surface area contributed by atoms with Crippen molar-refractivity contribution in [3.05, 3.63) is 205 Å². The molecule has 6 heteroatoms. The summed E-state index contributed by atoms with van der Waals surface area (Å²) < 4.78 is 11.2. The minimum absolute atomic E-state index is 0.189. The van der Waals surface area contributed by atoms with Gasteiger partial charge in [-0.05, 0) is 100 Å². The van der Waals surface area contributed by atoms with Gasteiger partial charge in [-0.25, -0.2) is 15.0 Å². The minimum atomic E-state index is -0.189. The van der Waals surface area contributed by atoms with Crippen LogP contribution < -0.4 is 0 Å². The van der Waals surface area contributed by atoms with Crippen molar-refractivity contribution in [3.63, 3.8) is 0 Å². The van der Waals surface area contributed by atoms with E-state index < -0.39 is 0 Å². The van der Waals surface area contributed by atoms with Crippen LogP contribution in [-0.2, 0) is 5.41 Å². The molecule has 4 aromatic heterocycles. The number of fused-ring (bicyclic) bond motifs is 12. The monoisotopic (exact) mass is 862 g/mol. The molecule has 0 atom stereocenters. The molecule has 0 aliphatic heterocycles. The predicted octanol–water partition coefficient (Wildman–Crippen LogP) is 16.2. The molecule has 5 nitrogen and oxygen atoms in total. The Morgan fingerprint density at radius 2 is 1.08 bits per heavy atom. The van der Waals surface area contributed by atoms with Crippen molar-refractivity contribution in [2.75, 3.05) is 0 Å². The third-order valence-corrected chi connectivity index (χ3v) is 15.0. The quantitative estimate of drug-likeness (QED) is 0.173. The van der Waals surface area contributed by atoms with E-state index in [1.54, 1.807) is 11.3 Å². The zero-order valence-corrected chi connectivity index (χ0v) is 36.9. The fourth-order valence-electron chi connectivity index (χ4n) is 10.6. The van der Waals surface area contributed by atoms with Gasteiger partial charge in [0.15, 0.2) is 17.5 Å². The molecule has 9 aromatic carbocycles. The standard InChI is InChI=1S/C60H38N4OS/c1-60(2)48-32-37(26-28-40(48)45-33-47-42-19-7-10-23-52(42)65-53(47)34-49(45)60)36-27-29-51-46(31-36)41-18-6-9-22-50(41)64(51)39-17-12-16-38(30-39)58-61-57(35-14-4-3-5-15-35)62-59(63-58)44-21-13-25-55-56(44)43-20-8-11-24-54(43)66-55/h3-34H,1-2H3. The van der Waals surface area contributed by atoms with Crippen molar-refractivity contribution in [1.29, 1.82) is 0 Å². The van der Waals surface area contributed by atoms with Gasteiger partial charge < -0.3 is 8.98 Å². The summed E-state index contributed by atoms with van der Waals surface area (Å²) in [4.78, 5) is 15.6. The minimum Gasteiger partial charge on any atom is -0.456 e. The van der Waals surface area contributed by atoms with Gasteiger partial charge in [-0.15, -0.1) is 11.3 Å². The Morgan fingerprint density at radius 1 is 0.409 bits per heavy atom. The van der Waals surface area contributed by atoms with Crippen LogP contribution in [0.5, 0.6) is 0 Å². The van der Waals surface area contributed by atoms with Crippen molar-refractivity contribution < 1.29 is 4.42 Å². The highest BCUT2D eigenvalue weighted by molar-refractivity contribution is 7.25. The zero-order valence-electron chi connectivity index (χ0n) is 36.1. The number of nitrogens with zero attached hydrogens (tertiary/aromatic N) is 4. The predicted molar refractivity (Wildman–Crippen MR) is 274 cm³/mol. The Morgan fingerprint density at radius 3 is 1.97 bits per heavy atom. The summed E-state index contributed by atoms with van der Waals surface area (Å²) in [6.45, 7) is 4.68. The van der Waals surface area contributed by atoms with E-state index in [2.05, 4.69) is 188 Å². The smallest absolute Gasteiger partial charge is 0.164 e. The van der Waals surface area contributed by atoms with Crippen LogP contribution in [-0.4, -0.2) is 19.5 Å². The Hall–Kier alpha value is -8.19. The molecule has 66 heavy (non-hydrogen) atoms. The fourth-order valence-corrected chi connectivity index (χ4v) is 11.8. The highest BCUT2D eigenvalue weighted by Crippen LogP contribution is 2.52. The van der Waals surface area contributed by atoms with Gasteiger partial charge in [0.25, 0.3) is 0 Å². The molecule has 0 N–H and O–H groups in total. The van der Waals surface area contributed by atoms with Gasteiger partial charge in [0, 0.05) is 69.5 Å². The van der Waals surface area contributed by atoms with Crippen LogP contribution in [0.15, 0.2) is 199 Å². The number of furan rings is 1. The highest BCUT2D eigenvalue weighted by Gasteiger charge is 2.36. The first-order chi connectivity index (χ1) is 32.4. The van der Waals surface area contributed by atoms with Crippen LogP contribution in [0, 0.1) is 0 Å². The lowest BCUT2D eigenvalue weighted by Gasteiger charge is -2.22. The summed E-state index contributed by atoms with van der Waals surface area (Å²) in [7, 11) is 0. The highest BCUT2D eigenvalue weighted by atomic mass is 32.1. The lowest BCUT2D eigenvalue weighted by atomic mass is 9.81. The molecule has 310 valence electrons. The van der Waals surface area contributed by atoms with E-state index in [9.17, 15) is 0 Å². The molecule has 0 saturated heterocycles. The third kappa shape index (κ3) is 5.49. The normalized spacial score (nSPS) is 13.1. The summed E-state index contributed by atoms with van der Waals surface area (Å²) in [6.07, 6.45) is 0. The molecule has 0 radical (unpaired) electrons. The van der Waals surface area contributed by atoms with E-state index in [1.165, 1.54) is 69.7 Å². The molecule has 0 unspecified atom stereocenters. The van der Waals surface area contributed by atoms with Crippen molar-refractivity contribution in [1.82, 2.24) is 19.5 Å². The van der Waals surface area contributed by atoms with Crippen molar-refractivity contribution in [3.8, 4) is 62.1 Å². The second-order valence-electron chi connectivity index (χ2n) is 18.0. The largest absolute Gasteiger partial charge is 0.456 e. The molecule has 1 aliphatic carbocycles. The maximum atomic E-state index is 6.36. The maximum absolute atomic E-state index is 6.36. The number of hydrogen-bond acceptors (Lipinski definition) is 5. The van der Waals surface area contributed by atoms with Crippen LogP contribution >= 0.6 is 11.3 Å². The van der Waals surface area contributed by atoms with Gasteiger partial charge in [0.05, 0.1) is 11.0 Å². The fraction of sp³-hybridized carbons (Fsp3) is 0.0500. The molecule has 0 spiro atoms. The zero-order chi connectivity index (χ0) is 43.7. The van der Waals surface area contributed by atoms with Crippen molar-refractivity contribution in [2.24, 2.45) is 0 Å². The summed E-state index contributed by atoms with van der Waals surface area (Å²) in [5.41, 5.74) is 15.5. The summed E-state index contributed by atoms with van der Waals surface area (Å²) in [6, 6.07) is 69.5. The Bertz CT molecular complexity index is 4160. The van der Waals surface area contributed by atoms with E-state index in [4.69, 9.17) is 19.4 Å². The lowest BCUT2D eigenvalue weighted by Crippen LogP contribution is -2.15. The van der Waals surface area contributed by atoms with Gasteiger partial charge >= 0.3 is 0 Å². The molecule has 0 bridgehead atoms. The second kappa shape index (κ2) is 13.9. The number of hydrogen-bond donors (Lipinski definition) is 0. The molecule has 0 saturated carbocycles. The van der Waals surface area contributed by atoms with Crippen molar-refractivity contribution >= 4 is 75.3 Å². The maximum Gasteiger partial charge on any atom is 0.164 e. The molecule has 4 heterocycles. The molecule has 14 rings (SSSR count). The third-order valence-electron chi connectivity index (χ3n) is 13.9. The molecule has 13 aromatic rings. The average Bonchev–Trinajstić information content (AvgIpc) is 4.09. The van der Waals surface area contributed by atoms with Gasteiger partial charge in [-0.2, -0.15) is 0 Å². The van der Waals surface area contributed by atoms with E-state index in [-0.39, 0.29) is 5.41 Å². The van der Waals surface area contributed by atoms with E-state index >= 15 is 0 Å². The average molecular weight is 863 g/mol. The van der Waals surface area contributed by atoms with Crippen molar-refractivity contribution in [2.45, 2.75) is 19.3 Å². The number of aromatic nitrogens is 4. The Balaban J connectivity index is 0.888. The number of thiophene rings is 1. The van der Waals surface area contributed by atoms with E-state index in [0.717, 1.165) is 50.0 Å². The van der Waals surface area contributed by atoms with E-state index in [0.29, 0.717) is 17.5 Å². The summed E-state index contributed by atoms with van der Waals surface area (Å²) in [5.74, 6) is 1.93. The number of rotatable bonds is 5. The second-order valence-corrected chi connectivity index (χ2v) is 19.0. The topological polar surface area (TPSA) is 56.7 Å². The first-order valence-electron chi connectivity index (χ1n) is 22.4. The molecule has 0 amide bonds. The van der Waals surface area contributed by atoms with Crippen LogP contribution in [0.25, 0.3) is 126 Å². The summed E-state index contributed by atoms with van der Waals surface area (Å²) in [5, 5.41) is 7.11.